The number of halogens is 1. The Morgan fingerprint density at radius 1 is 1.33 bits per heavy atom. The van der Waals surface area contributed by atoms with Gasteiger partial charge in [-0.2, -0.15) is 0 Å². The summed E-state index contributed by atoms with van der Waals surface area (Å²) >= 11 is 0. The summed E-state index contributed by atoms with van der Waals surface area (Å²) in [6.07, 6.45) is 2.62. The van der Waals surface area contributed by atoms with E-state index in [0.29, 0.717) is 18.9 Å². The molecule has 0 heterocycles. The number of rotatable bonds is 8. The van der Waals surface area contributed by atoms with E-state index in [0.717, 1.165) is 24.7 Å². The highest BCUT2D eigenvalue weighted by Gasteiger charge is 2.19. The van der Waals surface area contributed by atoms with Gasteiger partial charge in [-0.05, 0) is 37.5 Å². The summed E-state index contributed by atoms with van der Waals surface area (Å²) in [4.78, 5) is 0. The second kappa shape index (κ2) is 6.71. The molecule has 1 saturated carbocycles. The molecule has 18 heavy (non-hydrogen) atoms. The molecule has 1 aromatic rings. The SMILES string of the molecule is CCOc1ccc(CNCCNC2CC2)cc1F. The zero-order valence-corrected chi connectivity index (χ0v) is 10.8. The standard InChI is InChI=1S/C14H21FN2O/c1-2-18-14-6-3-11(9-13(14)15)10-16-7-8-17-12-4-5-12/h3,6,9,12,16-17H,2,4-5,7-8,10H2,1H3. The Hall–Kier alpha value is -1.13. The van der Waals surface area contributed by atoms with Crippen LogP contribution in [0.25, 0.3) is 0 Å². The molecule has 0 bridgehead atoms. The largest absolute Gasteiger partial charge is 0.491 e. The summed E-state index contributed by atoms with van der Waals surface area (Å²) in [5, 5.41) is 6.72. The third kappa shape index (κ3) is 4.27. The molecule has 1 fully saturated rings. The summed E-state index contributed by atoms with van der Waals surface area (Å²) in [6, 6.07) is 5.87. The van der Waals surface area contributed by atoms with Crippen LogP contribution in [0.5, 0.6) is 5.75 Å². The van der Waals surface area contributed by atoms with Crippen molar-refractivity contribution in [2.45, 2.75) is 32.4 Å². The summed E-state index contributed by atoms with van der Waals surface area (Å²) in [6.45, 7) is 4.91. The highest BCUT2D eigenvalue weighted by molar-refractivity contribution is 5.29. The minimum absolute atomic E-state index is 0.285. The van der Waals surface area contributed by atoms with Gasteiger partial charge in [-0.25, -0.2) is 4.39 Å². The van der Waals surface area contributed by atoms with Gasteiger partial charge in [-0.3, -0.25) is 0 Å². The summed E-state index contributed by atoms with van der Waals surface area (Å²) in [5.41, 5.74) is 0.947. The third-order valence-corrected chi connectivity index (χ3v) is 2.94. The predicted molar refractivity (Wildman–Crippen MR) is 70.3 cm³/mol. The van der Waals surface area contributed by atoms with Gasteiger partial charge in [0.1, 0.15) is 0 Å². The molecule has 0 aromatic heterocycles. The Bertz CT molecular complexity index is 380. The van der Waals surface area contributed by atoms with Crippen LogP contribution in [0.3, 0.4) is 0 Å². The highest BCUT2D eigenvalue weighted by atomic mass is 19.1. The lowest BCUT2D eigenvalue weighted by atomic mass is 10.2. The van der Waals surface area contributed by atoms with Crippen molar-refractivity contribution in [3.63, 3.8) is 0 Å². The molecule has 0 atom stereocenters. The minimum Gasteiger partial charge on any atom is -0.491 e. The molecule has 1 aliphatic carbocycles. The molecule has 1 aromatic carbocycles. The molecule has 0 aliphatic heterocycles. The predicted octanol–water partition coefficient (Wildman–Crippen LogP) is 2.07. The van der Waals surface area contributed by atoms with E-state index in [2.05, 4.69) is 10.6 Å². The van der Waals surface area contributed by atoms with Crippen LogP contribution in [0.4, 0.5) is 4.39 Å². The van der Waals surface area contributed by atoms with Crippen LogP contribution < -0.4 is 15.4 Å². The Morgan fingerprint density at radius 2 is 2.17 bits per heavy atom. The van der Waals surface area contributed by atoms with E-state index in [1.165, 1.54) is 18.9 Å². The van der Waals surface area contributed by atoms with Gasteiger partial charge in [0.05, 0.1) is 6.61 Å². The summed E-state index contributed by atoms with van der Waals surface area (Å²) in [7, 11) is 0. The molecule has 2 N–H and O–H groups in total. The van der Waals surface area contributed by atoms with Crippen LogP contribution in [-0.4, -0.2) is 25.7 Å². The molecule has 0 saturated heterocycles. The molecule has 0 unspecified atom stereocenters. The first-order valence-electron chi connectivity index (χ1n) is 6.65. The van der Waals surface area contributed by atoms with Crippen molar-refractivity contribution < 1.29 is 9.13 Å². The maximum Gasteiger partial charge on any atom is 0.165 e. The molecule has 0 spiro atoms. The zero-order valence-electron chi connectivity index (χ0n) is 10.8. The number of hydrogen-bond acceptors (Lipinski definition) is 3. The molecule has 4 heteroatoms. The number of nitrogens with one attached hydrogen (secondary N) is 2. The van der Waals surface area contributed by atoms with Gasteiger partial charge in [0, 0.05) is 25.7 Å². The molecule has 0 amide bonds. The van der Waals surface area contributed by atoms with E-state index in [9.17, 15) is 4.39 Å². The van der Waals surface area contributed by atoms with Crippen molar-refractivity contribution in [3.05, 3.63) is 29.6 Å². The van der Waals surface area contributed by atoms with Gasteiger partial charge in [0.2, 0.25) is 0 Å². The molecular weight excluding hydrogens is 231 g/mol. The van der Waals surface area contributed by atoms with Crippen LogP contribution in [-0.2, 0) is 6.54 Å². The quantitative estimate of drug-likeness (QED) is 0.695. The van der Waals surface area contributed by atoms with Crippen molar-refractivity contribution in [2.24, 2.45) is 0 Å². The topological polar surface area (TPSA) is 33.3 Å². The van der Waals surface area contributed by atoms with Gasteiger partial charge in [0.25, 0.3) is 0 Å². The lowest BCUT2D eigenvalue weighted by Crippen LogP contribution is -2.28. The number of ether oxygens (including phenoxy) is 1. The van der Waals surface area contributed by atoms with E-state index < -0.39 is 0 Å². The minimum atomic E-state index is -0.285. The van der Waals surface area contributed by atoms with Crippen molar-refractivity contribution in [3.8, 4) is 5.75 Å². The van der Waals surface area contributed by atoms with Gasteiger partial charge in [-0.1, -0.05) is 6.07 Å². The fourth-order valence-electron chi connectivity index (χ4n) is 1.81. The van der Waals surface area contributed by atoms with E-state index in [4.69, 9.17) is 4.74 Å². The average Bonchev–Trinajstić information content (AvgIpc) is 3.16. The molecular formula is C14H21FN2O. The van der Waals surface area contributed by atoms with Crippen LogP contribution in [0.2, 0.25) is 0 Å². The van der Waals surface area contributed by atoms with Crippen molar-refractivity contribution in [1.82, 2.24) is 10.6 Å². The fourth-order valence-corrected chi connectivity index (χ4v) is 1.81. The Labute approximate surface area is 108 Å². The highest BCUT2D eigenvalue weighted by Crippen LogP contribution is 2.18. The maximum atomic E-state index is 13.6. The van der Waals surface area contributed by atoms with E-state index in [1.54, 1.807) is 6.07 Å². The second-order valence-electron chi connectivity index (χ2n) is 4.60. The number of hydrogen-bond donors (Lipinski definition) is 2. The Kier molecular flexibility index (Phi) is 4.96. The van der Waals surface area contributed by atoms with Gasteiger partial charge in [-0.15, -0.1) is 0 Å². The first-order valence-corrected chi connectivity index (χ1v) is 6.65. The van der Waals surface area contributed by atoms with Crippen molar-refractivity contribution in [1.29, 1.82) is 0 Å². The van der Waals surface area contributed by atoms with Crippen LogP contribution >= 0.6 is 0 Å². The van der Waals surface area contributed by atoms with Gasteiger partial charge >= 0.3 is 0 Å². The Balaban J connectivity index is 1.69. The summed E-state index contributed by atoms with van der Waals surface area (Å²) in [5.74, 6) is 0.0453. The average molecular weight is 252 g/mol. The monoisotopic (exact) mass is 252 g/mol. The van der Waals surface area contributed by atoms with Crippen LogP contribution in [0.15, 0.2) is 18.2 Å². The lowest BCUT2D eigenvalue weighted by molar-refractivity contribution is 0.321. The third-order valence-electron chi connectivity index (χ3n) is 2.94. The van der Waals surface area contributed by atoms with E-state index in [-0.39, 0.29) is 5.82 Å². The lowest BCUT2D eigenvalue weighted by Gasteiger charge is -2.08. The van der Waals surface area contributed by atoms with Crippen molar-refractivity contribution >= 4 is 0 Å². The first-order chi connectivity index (χ1) is 8.79. The first kappa shape index (κ1) is 13.3. The molecule has 3 nitrogen and oxygen atoms in total. The van der Waals surface area contributed by atoms with E-state index >= 15 is 0 Å². The van der Waals surface area contributed by atoms with Gasteiger partial charge < -0.3 is 15.4 Å². The van der Waals surface area contributed by atoms with Crippen LogP contribution in [0.1, 0.15) is 25.3 Å². The smallest absolute Gasteiger partial charge is 0.165 e. The number of benzene rings is 1. The van der Waals surface area contributed by atoms with Crippen molar-refractivity contribution in [2.75, 3.05) is 19.7 Å². The fraction of sp³-hybridized carbons (Fsp3) is 0.571. The van der Waals surface area contributed by atoms with Crippen LogP contribution in [0, 0.1) is 5.82 Å². The second-order valence-corrected chi connectivity index (χ2v) is 4.60. The van der Waals surface area contributed by atoms with Gasteiger partial charge in [0.15, 0.2) is 11.6 Å². The zero-order chi connectivity index (χ0) is 12.8. The maximum absolute atomic E-state index is 13.6. The Morgan fingerprint density at radius 3 is 2.83 bits per heavy atom. The van der Waals surface area contributed by atoms with E-state index in [1.807, 2.05) is 13.0 Å². The molecule has 2 rings (SSSR count). The molecule has 100 valence electrons. The normalized spacial score (nSPS) is 14.8. The molecule has 1 aliphatic rings. The molecule has 0 radical (unpaired) electrons. The summed E-state index contributed by atoms with van der Waals surface area (Å²) < 4.78 is 18.7.